The van der Waals surface area contributed by atoms with Crippen LogP contribution in [0.5, 0.6) is 5.75 Å². The van der Waals surface area contributed by atoms with E-state index in [2.05, 4.69) is 15.9 Å². The van der Waals surface area contributed by atoms with Gasteiger partial charge in [0.05, 0.1) is 20.3 Å². The Morgan fingerprint density at radius 2 is 1.64 bits per heavy atom. The van der Waals surface area contributed by atoms with Gasteiger partial charge in [0.25, 0.3) is 0 Å². The number of amides is 2. The predicted molar refractivity (Wildman–Crippen MR) is 107 cm³/mol. The van der Waals surface area contributed by atoms with Crippen LogP contribution in [0.15, 0.2) is 24.3 Å². The molecule has 8 nitrogen and oxygen atoms in total. The van der Waals surface area contributed by atoms with Crippen molar-refractivity contribution in [1.29, 1.82) is 0 Å². The molecule has 0 spiro atoms. The first-order valence-corrected chi connectivity index (χ1v) is 9.91. The number of nitrogens with zero attached hydrogens (tertiary/aromatic N) is 4. The minimum atomic E-state index is -0.289. The van der Waals surface area contributed by atoms with Crippen LogP contribution >= 0.6 is 0 Å². The van der Waals surface area contributed by atoms with Gasteiger partial charge in [-0.05, 0) is 19.1 Å². The number of anilines is 1. The van der Waals surface area contributed by atoms with Gasteiger partial charge in [0.1, 0.15) is 5.75 Å². The normalized spacial score (nSPS) is 18.1. The molecule has 2 amide bonds. The van der Waals surface area contributed by atoms with Gasteiger partial charge in [-0.15, -0.1) is 0 Å². The molecular weight excluding hydrogens is 360 g/mol. The predicted octanol–water partition coefficient (Wildman–Crippen LogP) is 1.12. The van der Waals surface area contributed by atoms with Crippen LogP contribution in [0.1, 0.15) is 6.92 Å². The maximum absolute atomic E-state index is 12.6. The molecule has 0 unspecified atom stereocenters. The second kappa shape index (κ2) is 9.64. The molecule has 0 saturated carbocycles. The van der Waals surface area contributed by atoms with Gasteiger partial charge >= 0.3 is 6.09 Å². The van der Waals surface area contributed by atoms with Gasteiger partial charge < -0.3 is 24.2 Å². The van der Waals surface area contributed by atoms with Gasteiger partial charge in [-0.25, -0.2) is 4.79 Å². The molecule has 2 saturated heterocycles. The molecule has 8 heteroatoms. The van der Waals surface area contributed by atoms with Gasteiger partial charge in [-0.2, -0.15) is 0 Å². The summed E-state index contributed by atoms with van der Waals surface area (Å²) in [7, 11) is 1.68. The summed E-state index contributed by atoms with van der Waals surface area (Å²) in [6.07, 6.45) is -0.289. The van der Waals surface area contributed by atoms with Crippen LogP contribution in [0.3, 0.4) is 0 Å². The van der Waals surface area contributed by atoms with Crippen molar-refractivity contribution in [2.75, 3.05) is 77.5 Å². The number of benzene rings is 1. The summed E-state index contributed by atoms with van der Waals surface area (Å²) in [5.74, 6) is 0.996. The van der Waals surface area contributed by atoms with Crippen LogP contribution in [-0.4, -0.2) is 99.3 Å². The fourth-order valence-electron chi connectivity index (χ4n) is 3.62. The first kappa shape index (κ1) is 20.3. The third-order valence-electron chi connectivity index (χ3n) is 5.31. The molecule has 0 aromatic heterocycles. The second-order valence-electron chi connectivity index (χ2n) is 7.03. The van der Waals surface area contributed by atoms with Gasteiger partial charge in [-0.1, -0.05) is 6.07 Å². The van der Waals surface area contributed by atoms with E-state index in [-0.39, 0.29) is 12.0 Å². The van der Waals surface area contributed by atoms with E-state index in [9.17, 15) is 9.59 Å². The highest BCUT2D eigenvalue weighted by Crippen LogP contribution is 2.22. The number of carbonyl (C=O) groups excluding carboxylic acids is 2. The Kier molecular flexibility index (Phi) is 6.97. The number of rotatable bonds is 5. The van der Waals surface area contributed by atoms with E-state index in [4.69, 9.17) is 9.47 Å². The minimum Gasteiger partial charge on any atom is -0.497 e. The van der Waals surface area contributed by atoms with Crippen LogP contribution in [0.25, 0.3) is 0 Å². The van der Waals surface area contributed by atoms with Gasteiger partial charge in [0.15, 0.2) is 0 Å². The summed E-state index contributed by atoms with van der Waals surface area (Å²) in [5, 5.41) is 0. The summed E-state index contributed by atoms with van der Waals surface area (Å²) in [5.41, 5.74) is 1.15. The summed E-state index contributed by atoms with van der Waals surface area (Å²) in [4.78, 5) is 32.4. The van der Waals surface area contributed by atoms with Crippen molar-refractivity contribution >= 4 is 17.7 Å². The fourth-order valence-corrected chi connectivity index (χ4v) is 3.62. The summed E-state index contributed by atoms with van der Waals surface area (Å²) in [6.45, 7) is 8.30. The molecule has 1 aromatic carbocycles. The average Bonchev–Trinajstić information content (AvgIpc) is 2.74. The highest BCUT2D eigenvalue weighted by molar-refractivity contribution is 5.78. The second-order valence-corrected chi connectivity index (χ2v) is 7.03. The summed E-state index contributed by atoms with van der Waals surface area (Å²) >= 11 is 0. The highest BCUT2D eigenvalue weighted by Gasteiger charge is 2.27. The molecule has 0 atom stereocenters. The molecule has 28 heavy (non-hydrogen) atoms. The number of methoxy groups -OCH3 is 1. The number of carbonyl (C=O) groups is 2. The summed E-state index contributed by atoms with van der Waals surface area (Å²) < 4.78 is 10.3. The molecule has 2 aliphatic rings. The molecule has 0 aliphatic carbocycles. The van der Waals surface area contributed by atoms with E-state index in [0.29, 0.717) is 39.3 Å². The zero-order valence-corrected chi connectivity index (χ0v) is 16.8. The van der Waals surface area contributed by atoms with E-state index in [0.717, 1.165) is 37.6 Å². The molecule has 2 aliphatic heterocycles. The van der Waals surface area contributed by atoms with Crippen molar-refractivity contribution in [2.45, 2.75) is 6.92 Å². The Bertz CT molecular complexity index is 668. The fraction of sp³-hybridized carbons (Fsp3) is 0.600. The molecule has 2 fully saturated rings. The zero-order chi connectivity index (χ0) is 19.9. The lowest BCUT2D eigenvalue weighted by Gasteiger charge is -2.38. The SMILES string of the molecule is CCOC(=O)N1CCN(C(=O)CN2CCN(c3cccc(OC)c3)CC2)CC1. The quantitative estimate of drug-likeness (QED) is 0.751. The third kappa shape index (κ3) is 5.07. The van der Waals surface area contributed by atoms with Crippen LogP contribution < -0.4 is 9.64 Å². The van der Waals surface area contributed by atoms with Crippen molar-refractivity contribution in [1.82, 2.24) is 14.7 Å². The Morgan fingerprint density at radius 3 is 2.29 bits per heavy atom. The number of piperazine rings is 2. The molecule has 0 N–H and O–H groups in total. The van der Waals surface area contributed by atoms with Gasteiger partial charge in [0, 0.05) is 64.1 Å². The molecule has 1 aromatic rings. The Hall–Kier alpha value is -2.48. The van der Waals surface area contributed by atoms with Crippen LogP contribution in [0.2, 0.25) is 0 Å². The van der Waals surface area contributed by atoms with Crippen molar-refractivity contribution in [3.8, 4) is 5.75 Å². The maximum Gasteiger partial charge on any atom is 0.409 e. The monoisotopic (exact) mass is 390 g/mol. The van der Waals surface area contributed by atoms with Crippen LogP contribution in [0.4, 0.5) is 10.5 Å². The Morgan fingerprint density at radius 1 is 0.964 bits per heavy atom. The van der Waals surface area contributed by atoms with E-state index >= 15 is 0 Å². The lowest BCUT2D eigenvalue weighted by Crippen LogP contribution is -2.54. The molecule has 3 rings (SSSR count). The molecule has 2 heterocycles. The van der Waals surface area contributed by atoms with Crippen molar-refractivity contribution in [3.63, 3.8) is 0 Å². The lowest BCUT2D eigenvalue weighted by molar-refractivity contribution is -0.134. The van der Waals surface area contributed by atoms with E-state index in [1.165, 1.54) is 0 Å². The third-order valence-corrected chi connectivity index (χ3v) is 5.31. The van der Waals surface area contributed by atoms with Crippen LogP contribution in [0, 0.1) is 0 Å². The highest BCUT2D eigenvalue weighted by atomic mass is 16.6. The van der Waals surface area contributed by atoms with E-state index in [1.807, 2.05) is 23.1 Å². The number of hydrogen-bond acceptors (Lipinski definition) is 6. The smallest absolute Gasteiger partial charge is 0.409 e. The van der Waals surface area contributed by atoms with E-state index in [1.54, 1.807) is 18.9 Å². The minimum absolute atomic E-state index is 0.137. The number of hydrogen-bond donors (Lipinski definition) is 0. The van der Waals surface area contributed by atoms with Crippen molar-refractivity contribution in [2.24, 2.45) is 0 Å². The first-order valence-electron chi connectivity index (χ1n) is 9.91. The average molecular weight is 390 g/mol. The molecule has 0 bridgehead atoms. The van der Waals surface area contributed by atoms with Crippen LogP contribution in [-0.2, 0) is 9.53 Å². The molecular formula is C20H30N4O4. The standard InChI is InChI=1S/C20H30N4O4/c1-3-28-20(26)24-13-11-23(12-14-24)19(25)16-21-7-9-22(10-8-21)17-5-4-6-18(15-17)27-2/h4-6,15H,3,7-14,16H2,1-2H3. The summed E-state index contributed by atoms with van der Waals surface area (Å²) in [6, 6.07) is 8.08. The number of ether oxygens (including phenoxy) is 2. The topological polar surface area (TPSA) is 65.6 Å². The molecule has 0 radical (unpaired) electrons. The Balaban J connectivity index is 1.42. The zero-order valence-electron chi connectivity index (χ0n) is 16.8. The maximum atomic E-state index is 12.6. The van der Waals surface area contributed by atoms with Gasteiger partial charge in [0.2, 0.25) is 5.91 Å². The molecule has 154 valence electrons. The largest absolute Gasteiger partial charge is 0.497 e. The van der Waals surface area contributed by atoms with Gasteiger partial charge in [-0.3, -0.25) is 9.69 Å². The lowest BCUT2D eigenvalue weighted by atomic mass is 10.2. The van der Waals surface area contributed by atoms with Crippen molar-refractivity contribution in [3.05, 3.63) is 24.3 Å². The van der Waals surface area contributed by atoms with Crippen molar-refractivity contribution < 1.29 is 19.1 Å². The van der Waals surface area contributed by atoms with E-state index < -0.39 is 0 Å². The first-order chi connectivity index (χ1) is 13.6. The Labute approximate surface area is 166 Å².